The fourth-order valence-corrected chi connectivity index (χ4v) is 1.70. The van der Waals surface area contributed by atoms with Gasteiger partial charge in [-0.25, -0.2) is 9.97 Å². The molecule has 0 aromatic carbocycles. The predicted molar refractivity (Wildman–Crippen MR) is 48.5 cm³/mol. The van der Waals surface area contributed by atoms with Crippen LogP contribution < -0.4 is 5.32 Å². The van der Waals surface area contributed by atoms with Crippen molar-refractivity contribution in [2.45, 2.75) is 18.8 Å². The molecule has 2 heterocycles. The van der Waals surface area contributed by atoms with Crippen molar-refractivity contribution in [1.29, 1.82) is 0 Å². The molecule has 0 saturated carbocycles. The minimum atomic E-state index is 0.0727. The van der Waals surface area contributed by atoms with E-state index in [0.29, 0.717) is 5.92 Å². The molecule has 0 aliphatic carbocycles. The number of hydrogen-bond acceptors (Lipinski definition) is 4. The summed E-state index contributed by atoms with van der Waals surface area (Å²) < 4.78 is 0. The van der Waals surface area contributed by atoms with Crippen LogP contribution in [0.15, 0.2) is 12.4 Å². The van der Waals surface area contributed by atoms with Gasteiger partial charge in [-0.1, -0.05) is 0 Å². The molecule has 0 amide bonds. The highest BCUT2D eigenvalue weighted by Crippen LogP contribution is 2.24. The van der Waals surface area contributed by atoms with Crippen LogP contribution in [0.1, 0.15) is 24.5 Å². The summed E-state index contributed by atoms with van der Waals surface area (Å²) in [7, 11) is 0. The van der Waals surface area contributed by atoms with Crippen molar-refractivity contribution in [3.05, 3.63) is 18.1 Å². The third-order valence-electron chi connectivity index (χ3n) is 2.43. The van der Waals surface area contributed by atoms with Crippen LogP contribution in [0.4, 0.5) is 0 Å². The van der Waals surface area contributed by atoms with E-state index in [2.05, 4.69) is 15.3 Å². The Hall–Kier alpha value is -1.16. The quantitative estimate of drug-likeness (QED) is 0.664. The normalized spacial score (nSPS) is 18.8. The topological polar surface area (TPSA) is 58.0 Å². The first-order chi connectivity index (χ1) is 6.36. The molecule has 4 nitrogen and oxygen atoms in total. The van der Waals surface area contributed by atoms with E-state index in [0.717, 1.165) is 31.6 Å². The number of nitrogens with zero attached hydrogens (tertiary/aromatic N) is 2. The van der Waals surface area contributed by atoms with Crippen molar-refractivity contribution in [2.75, 3.05) is 13.1 Å². The Morgan fingerprint density at radius 1 is 1.31 bits per heavy atom. The first-order valence-corrected chi connectivity index (χ1v) is 4.58. The molecular formula is C9H13N3O. The van der Waals surface area contributed by atoms with Gasteiger partial charge in [0.1, 0.15) is 6.33 Å². The molecule has 1 aliphatic heterocycles. The third kappa shape index (κ3) is 1.95. The molecule has 0 bridgehead atoms. The van der Waals surface area contributed by atoms with Gasteiger partial charge in [-0.15, -0.1) is 0 Å². The van der Waals surface area contributed by atoms with Crippen molar-refractivity contribution >= 4 is 0 Å². The van der Waals surface area contributed by atoms with Gasteiger partial charge in [-0.2, -0.15) is 0 Å². The van der Waals surface area contributed by atoms with Gasteiger partial charge in [0.15, 0.2) is 0 Å². The van der Waals surface area contributed by atoms with Gasteiger partial charge >= 0.3 is 0 Å². The van der Waals surface area contributed by atoms with Crippen molar-refractivity contribution in [3.63, 3.8) is 0 Å². The standard InChI is InChI=1S/C9H13N3O/c13-9-5-8(11-6-12-9)7-1-3-10-4-2-7/h5-7,10H,1-4H2,(H,11,12,13). The van der Waals surface area contributed by atoms with Gasteiger partial charge in [-0.3, -0.25) is 0 Å². The molecule has 2 rings (SSSR count). The van der Waals surface area contributed by atoms with Crippen LogP contribution >= 0.6 is 0 Å². The van der Waals surface area contributed by atoms with Crippen LogP contribution in [0, 0.1) is 0 Å². The van der Waals surface area contributed by atoms with Crippen molar-refractivity contribution in [1.82, 2.24) is 15.3 Å². The summed E-state index contributed by atoms with van der Waals surface area (Å²) in [6, 6.07) is 1.66. The average Bonchev–Trinajstić information content (AvgIpc) is 2.19. The molecule has 1 aromatic heterocycles. The number of hydrogen-bond donors (Lipinski definition) is 2. The lowest BCUT2D eigenvalue weighted by molar-refractivity contribution is 0.433. The Kier molecular flexibility index (Phi) is 2.40. The average molecular weight is 179 g/mol. The highest BCUT2D eigenvalue weighted by Gasteiger charge is 2.16. The van der Waals surface area contributed by atoms with Crippen LogP contribution in [0.5, 0.6) is 5.88 Å². The first kappa shape index (κ1) is 8.44. The third-order valence-corrected chi connectivity index (χ3v) is 2.43. The molecule has 4 heteroatoms. The van der Waals surface area contributed by atoms with E-state index in [1.165, 1.54) is 6.33 Å². The first-order valence-electron chi connectivity index (χ1n) is 4.58. The Balaban J connectivity index is 2.14. The molecule has 1 saturated heterocycles. The highest BCUT2D eigenvalue weighted by molar-refractivity contribution is 5.16. The minimum absolute atomic E-state index is 0.0727. The molecule has 1 fully saturated rings. The molecule has 0 atom stereocenters. The zero-order valence-corrected chi connectivity index (χ0v) is 7.40. The summed E-state index contributed by atoms with van der Waals surface area (Å²) in [5.41, 5.74) is 0.967. The van der Waals surface area contributed by atoms with Crippen LogP contribution in [0.3, 0.4) is 0 Å². The van der Waals surface area contributed by atoms with Crippen molar-refractivity contribution in [2.24, 2.45) is 0 Å². The summed E-state index contributed by atoms with van der Waals surface area (Å²) in [5.74, 6) is 0.554. The maximum atomic E-state index is 9.18. The lowest BCUT2D eigenvalue weighted by Crippen LogP contribution is -2.27. The van der Waals surface area contributed by atoms with E-state index in [1.807, 2.05) is 0 Å². The second-order valence-electron chi connectivity index (χ2n) is 3.33. The van der Waals surface area contributed by atoms with Gasteiger partial charge in [0.25, 0.3) is 0 Å². The van der Waals surface area contributed by atoms with E-state index in [1.54, 1.807) is 6.07 Å². The Morgan fingerprint density at radius 3 is 2.77 bits per heavy atom. The predicted octanol–water partition coefficient (Wildman–Crippen LogP) is 0.649. The van der Waals surface area contributed by atoms with E-state index in [4.69, 9.17) is 0 Å². The molecular weight excluding hydrogens is 166 g/mol. The SMILES string of the molecule is Oc1cc(C2CCNCC2)ncn1. The summed E-state index contributed by atoms with van der Waals surface area (Å²) >= 11 is 0. The maximum Gasteiger partial charge on any atom is 0.214 e. The van der Waals surface area contributed by atoms with Crippen LogP contribution in [0.25, 0.3) is 0 Å². The summed E-state index contributed by atoms with van der Waals surface area (Å²) in [4.78, 5) is 7.83. The van der Waals surface area contributed by atoms with Crippen molar-refractivity contribution < 1.29 is 5.11 Å². The second-order valence-corrected chi connectivity index (χ2v) is 3.33. The molecule has 1 aliphatic rings. The zero-order chi connectivity index (χ0) is 9.10. The summed E-state index contributed by atoms with van der Waals surface area (Å²) in [5, 5.41) is 12.5. The fraction of sp³-hybridized carbons (Fsp3) is 0.556. The van der Waals surface area contributed by atoms with Crippen LogP contribution in [0.2, 0.25) is 0 Å². The number of nitrogens with one attached hydrogen (secondary N) is 1. The number of aromatic hydroxyl groups is 1. The Labute approximate surface area is 77.0 Å². The molecule has 0 spiro atoms. The summed E-state index contributed by atoms with van der Waals surface area (Å²) in [6.07, 6.45) is 3.61. The lowest BCUT2D eigenvalue weighted by Gasteiger charge is -2.21. The molecule has 0 radical (unpaired) electrons. The summed E-state index contributed by atoms with van der Waals surface area (Å²) in [6.45, 7) is 2.07. The minimum Gasteiger partial charge on any atom is -0.493 e. The van der Waals surface area contributed by atoms with E-state index < -0.39 is 0 Å². The van der Waals surface area contributed by atoms with E-state index in [9.17, 15) is 5.11 Å². The number of aromatic nitrogens is 2. The highest BCUT2D eigenvalue weighted by atomic mass is 16.3. The fourth-order valence-electron chi connectivity index (χ4n) is 1.70. The van der Waals surface area contributed by atoms with Crippen molar-refractivity contribution in [3.8, 4) is 5.88 Å². The van der Waals surface area contributed by atoms with E-state index in [-0.39, 0.29) is 5.88 Å². The molecule has 2 N–H and O–H groups in total. The van der Waals surface area contributed by atoms with Gasteiger partial charge in [0, 0.05) is 12.0 Å². The maximum absolute atomic E-state index is 9.18. The van der Waals surface area contributed by atoms with Gasteiger partial charge in [0.2, 0.25) is 5.88 Å². The number of piperidine rings is 1. The van der Waals surface area contributed by atoms with Crippen LogP contribution in [-0.2, 0) is 0 Å². The smallest absolute Gasteiger partial charge is 0.214 e. The van der Waals surface area contributed by atoms with Gasteiger partial charge < -0.3 is 10.4 Å². The Morgan fingerprint density at radius 2 is 2.08 bits per heavy atom. The largest absolute Gasteiger partial charge is 0.493 e. The number of rotatable bonds is 1. The van der Waals surface area contributed by atoms with Gasteiger partial charge in [0.05, 0.1) is 5.69 Å². The van der Waals surface area contributed by atoms with Gasteiger partial charge in [-0.05, 0) is 25.9 Å². The van der Waals surface area contributed by atoms with Crippen LogP contribution in [-0.4, -0.2) is 28.2 Å². The molecule has 13 heavy (non-hydrogen) atoms. The monoisotopic (exact) mass is 179 g/mol. The second kappa shape index (κ2) is 3.70. The Bertz CT molecular complexity index is 284. The molecule has 1 aromatic rings. The molecule has 70 valence electrons. The van der Waals surface area contributed by atoms with E-state index >= 15 is 0 Å². The molecule has 0 unspecified atom stereocenters. The lowest BCUT2D eigenvalue weighted by atomic mass is 9.94. The zero-order valence-electron chi connectivity index (χ0n) is 7.40.